The van der Waals surface area contributed by atoms with E-state index in [1.807, 2.05) is 12.1 Å². The van der Waals surface area contributed by atoms with Gasteiger partial charge in [-0.15, -0.1) is 0 Å². The van der Waals surface area contributed by atoms with Gasteiger partial charge in [0.15, 0.2) is 5.82 Å². The number of benzene rings is 1. The van der Waals surface area contributed by atoms with Crippen molar-refractivity contribution < 1.29 is 23.7 Å². The van der Waals surface area contributed by atoms with Crippen LogP contribution in [0.3, 0.4) is 0 Å². The van der Waals surface area contributed by atoms with Gasteiger partial charge < -0.3 is 25.0 Å². The van der Waals surface area contributed by atoms with Crippen molar-refractivity contribution in [2.75, 3.05) is 55.9 Å². The van der Waals surface area contributed by atoms with Crippen LogP contribution in [0.5, 0.6) is 0 Å². The van der Waals surface area contributed by atoms with Crippen molar-refractivity contribution in [2.24, 2.45) is 0 Å². The van der Waals surface area contributed by atoms with Crippen LogP contribution in [0, 0.1) is 0 Å². The van der Waals surface area contributed by atoms with Gasteiger partial charge in [-0.2, -0.15) is 10.6 Å². The lowest BCUT2D eigenvalue weighted by molar-refractivity contribution is 0.0883. The Morgan fingerprint density at radius 3 is 2.58 bits per heavy atom. The van der Waals surface area contributed by atoms with E-state index in [1.165, 1.54) is 6.26 Å². The van der Waals surface area contributed by atoms with E-state index in [9.17, 15) is 19.0 Å². The van der Waals surface area contributed by atoms with E-state index in [0.29, 0.717) is 56.6 Å². The smallest absolute Gasteiger partial charge is 0.321 e. The molecule has 4 rings (SSSR count). The number of anilines is 2. The maximum atomic E-state index is 12.5. The Labute approximate surface area is 194 Å². The van der Waals surface area contributed by atoms with E-state index in [2.05, 4.69) is 15.2 Å². The third kappa shape index (κ3) is 6.55. The molecule has 1 atom stereocenters. The highest BCUT2D eigenvalue weighted by Gasteiger charge is 2.22. The van der Waals surface area contributed by atoms with Crippen molar-refractivity contribution in [1.29, 1.82) is 0 Å². The molecule has 180 valence electrons. The minimum absolute atomic E-state index is 0.0513. The summed E-state index contributed by atoms with van der Waals surface area (Å²) < 4.78 is 25.4. The van der Waals surface area contributed by atoms with Crippen molar-refractivity contribution in [3.8, 4) is 11.4 Å². The Morgan fingerprint density at radius 2 is 1.91 bits per heavy atom. The van der Waals surface area contributed by atoms with Crippen LogP contribution in [0.4, 0.5) is 16.3 Å². The molecule has 0 spiro atoms. The monoisotopic (exact) mass is 477 g/mol. The topological polar surface area (TPSA) is 131 Å². The predicted octanol–water partition coefficient (Wildman–Crippen LogP) is 2.85. The summed E-state index contributed by atoms with van der Waals surface area (Å²) in [5.74, 6) is 1.26. The molecule has 4 N–H and O–H groups in total. The zero-order valence-corrected chi connectivity index (χ0v) is 19.5. The van der Waals surface area contributed by atoms with Crippen LogP contribution in [0.1, 0.15) is 18.5 Å². The lowest BCUT2D eigenvalue weighted by Gasteiger charge is -2.30. The highest BCUT2D eigenvalue weighted by molar-refractivity contribution is 8.23. The maximum absolute atomic E-state index is 12.5. The molecule has 11 heteroatoms. The molecule has 0 saturated carbocycles. The van der Waals surface area contributed by atoms with Crippen molar-refractivity contribution in [2.45, 2.75) is 24.7 Å². The molecule has 2 aromatic rings. The van der Waals surface area contributed by atoms with Gasteiger partial charge in [0, 0.05) is 49.8 Å². The third-order valence-corrected chi connectivity index (χ3v) is 6.44. The quantitative estimate of drug-likeness (QED) is 0.517. The number of rotatable bonds is 5. The first-order chi connectivity index (χ1) is 15.8. The summed E-state index contributed by atoms with van der Waals surface area (Å²) >= 11 is 0. The summed E-state index contributed by atoms with van der Waals surface area (Å²) in [6, 6.07) is 8.78. The number of aliphatic hydroxyl groups excluding tert-OH is 1. The van der Waals surface area contributed by atoms with Gasteiger partial charge in [-0.3, -0.25) is 9.11 Å². The van der Waals surface area contributed by atoms with Crippen molar-refractivity contribution >= 4 is 28.1 Å². The second-order valence-corrected chi connectivity index (χ2v) is 10.8. The van der Waals surface area contributed by atoms with Crippen LogP contribution in [-0.4, -0.2) is 86.9 Å². The molecule has 2 saturated heterocycles. The van der Waals surface area contributed by atoms with Crippen molar-refractivity contribution in [3.05, 3.63) is 36.0 Å². The molecular weight excluding hydrogens is 446 g/mol. The number of aromatic nitrogens is 2. The number of carbonyl (C=O) groups excluding carboxylic acids is 1. The molecule has 1 aromatic heterocycles. The summed E-state index contributed by atoms with van der Waals surface area (Å²) in [5.41, 5.74) is 1.95. The Morgan fingerprint density at radius 1 is 1.18 bits per heavy atom. The van der Waals surface area contributed by atoms with E-state index < -0.39 is 16.7 Å². The highest BCUT2D eigenvalue weighted by atomic mass is 32.3. The summed E-state index contributed by atoms with van der Waals surface area (Å²) in [4.78, 5) is 25.5. The van der Waals surface area contributed by atoms with Gasteiger partial charge in [0.1, 0.15) is 5.82 Å². The molecule has 10 nitrogen and oxygen atoms in total. The average Bonchev–Trinajstić information content (AvgIpc) is 2.79. The highest BCUT2D eigenvalue weighted by Crippen LogP contribution is 2.38. The van der Waals surface area contributed by atoms with Crippen LogP contribution in [0.25, 0.3) is 11.4 Å². The lowest BCUT2D eigenvalue weighted by atomic mass is 10.1. The number of aliphatic hydroxyl groups is 1. The van der Waals surface area contributed by atoms with Gasteiger partial charge in [-0.05, 0) is 37.1 Å². The molecule has 3 heterocycles. The number of hydrogen-bond donors (Lipinski definition) is 4. The first-order valence-electron chi connectivity index (χ1n) is 11.0. The average molecular weight is 478 g/mol. The lowest BCUT2D eigenvalue weighted by Crippen LogP contribution is -2.44. The largest absolute Gasteiger partial charge is 0.391 e. The number of ether oxygens (including phenoxy) is 1. The van der Waals surface area contributed by atoms with Crippen LogP contribution in [0.2, 0.25) is 0 Å². The molecule has 2 fully saturated rings. The Bertz CT molecular complexity index is 963. The fourth-order valence-corrected chi connectivity index (χ4v) is 4.67. The van der Waals surface area contributed by atoms with Gasteiger partial charge in [0.05, 0.1) is 30.8 Å². The summed E-state index contributed by atoms with van der Waals surface area (Å²) in [6.45, 7) is 3.59. The molecule has 0 bridgehead atoms. The number of morpholine rings is 1. The zero-order valence-electron chi connectivity index (χ0n) is 18.7. The number of piperidine rings is 1. The van der Waals surface area contributed by atoms with E-state index in [0.717, 1.165) is 24.2 Å². The first kappa shape index (κ1) is 23.7. The van der Waals surface area contributed by atoms with Crippen LogP contribution < -0.4 is 10.2 Å². The number of nitrogens with one attached hydrogen (secondary N) is 1. The minimum Gasteiger partial charge on any atom is -0.391 e. The van der Waals surface area contributed by atoms with Gasteiger partial charge >= 0.3 is 6.03 Å². The van der Waals surface area contributed by atoms with E-state index in [4.69, 9.17) is 9.72 Å². The summed E-state index contributed by atoms with van der Waals surface area (Å²) in [6.07, 6.45) is 2.44. The van der Waals surface area contributed by atoms with Crippen LogP contribution in [0.15, 0.2) is 30.3 Å². The fraction of sp³-hybridized carbons (Fsp3) is 0.500. The number of β-amino-alcohol motifs (C(OH)–C–C–N with tert-alkyl or cyclic N) is 1. The predicted molar refractivity (Wildman–Crippen MR) is 129 cm³/mol. The van der Waals surface area contributed by atoms with E-state index in [1.54, 1.807) is 23.1 Å². The van der Waals surface area contributed by atoms with Crippen LogP contribution in [-0.2, 0) is 10.5 Å². The molecule has 0 aliphatic carbocycles. The summed E-state index contributed by atoms with van der Waals surface area (Å²) in [7, 11) is -2.76. The zero-order chi connectivity index (χ0) is 23.4. The molecule has 1 unspecified atom stereocenters. The number of likely N-dealkylation sites (tertiary alicyclic amines) is 1. The maximum Gasteiger partial charge on any atom is 0.321 e. The third-order valence-electron chi connectivity index (χ3n) is 5.60. The SMILES string of the molecule is CS(O)(O)Cc1cc(N2CCOCC2)nc(-c2ccc(NC(=O)N3CCCC(O)C3)cc2)n1. The second kappa shape index (κ2) is 10.2. The number of carbonyl (C=O) groups is 1. The van der Waals surface area contributed by atoms with Crippen LogP contribution >= 0.6 is 10.6 Å². The fourth-order valence-electron chi connectivity index (χ4n) is 3.97. The number of amides is 2. The molecule has 2 aliphatic heterocycles. The first-order valence-corrected chi connectivity index (χ1v) is 13.2. The number of urea groups is 1. The summed E-state index contributed by atoms with van der Waals surface area (Å²) in [5, 5.41) is 12.7. The molecular formula is C22H31N5O5S. The number of hydrogen-bond acceptors (Lipinski definition) is 8. The van der Waals surface area contributed by atoms with E-state index in [-0.39, 0.29) is 11.8 Å². The minimum atomic E-state index is -2.76. The Balaban J connectivity index is 1.53. The van der Waals surface area contributed by atoms with E-state index >= 15 is 0 Å². The van der Waals surface area contributed by atoms with Gasteiger partial charge in [0.2, 0.25) is 0 Å². The second-order valence-electron chi connectivity index (χ2n) is 8.53. The van der Waals surface area contributed by atoms with Gasteiger partial charge in [-0.1, -0.05) is 0 Å². The Kier molecular flexibility index (Phi) is 7.35. The van der Waals surface area contributed by atoms with Crippen molar-refractivity contribution in [1.82, 2.24) is 14.9 Å². The number of nitrogens with zero attached hydrogens (tertiary/aromatic N) is 4. The standard InChI is InChI=1S/C22H31N5O5S/c1-33(30,31)15-18-13-20(26-9-11-32-12-10-26)25-21(23-18)16-4-6-17(7-5-16)24-22(29)27-8-2-3-19(28)14-27/h4-7,13,19,28,30-31H,2-3,8-12,14-15H2,1H3,(H,24,29). The molecule has 2 aliphatic rings. The molecule has 1 aromatic carbocycles. The normalized spacial score (nSPS) is 19.9. The molecule has 33 heavy (non-hydrogen) atoms. The molecule has 0 radical (unpaired) electrons. The molecule has 2 amide bonds. The van der Waals surface area contributed by atoms with Crippen molar-refractivity contribution in [3.63, 3.8) is 0 Å². The van der Waals surface area contributed by atoms with Gasteiger partial charge in [-0.25, -0.2) is 14.8 Å². The Hall–Kier alpha value is -2.44. The van der Waals surface area contributed by atoms with Gasteiger partial charge in [0.25, 0.3) is 0 Å².